The number of hydrogen-bond acceptors (Lipinski definition) is 14. The highest BCUT2D eigenvalue weighted by atomic mass is 16.7. The molecule has 16 nitrogen and oxygen atoms in total. The van der Waals surface area contributed by atoms with Crippen LogP contribution in [-0.4, -0.2) is 133 Å². The van der Waals surface area contributed by atoms with Crippen molar-refractivity contribution in [1.82, 2.24) is 10.6 Å². The third-order valence-corrected chi connectivity index (χ3v) is 9.11. The molecule has 0 saturated carbocycles. The molecule has 2 aliphatic heterocycles. The van der Waals surface area contributed by atoms with E-state index in [1.54, 1.807) is 20.9 Å². The average Bonchev–Trinajstić information content (AvgIpc) is 3.01. The predicted octanol–water partition coefficient (Wildman–Crippen LogP) is -3.79. The standard InChI is InChI=1S/C28H60N10O6/c1-14(20(32)12-39)25(40)26(35)38-21(9-29)18(7-17-8-22(36-4)28(3,41)13-42-17)24(34)15(2)43-27-19(31)6-5-16(44-27)11-37-23(33)10-30/h14-22,24-25,27,36,39-41H,5-13,29-32,34H2,1-4H3,(H2,33,37)(H2,35,38). The molecule has 13 atom stereocenters. The summed E-state index contributed by atoms with van der Waals surface area (Å²) < 4.78 is 18.5. The molecule has 0 aromatic carbocycles. The van der Waals surface area contributed by atoms with Gasteiger partial charge in [0, 0.05) is 43.1 Å². The maximum Gasteiger partial charge on any atom is 0.173 e. The summed E-state index contributed by atoms with van der Waals surface area (Å²) in [5.41, 5.74) is 36.1. The van der Waals surface area contributed by atoms with Crippen LogP contribution in [0.5, 0.6) is 0 Å². The first-order valence-corrected chi connectivity index (χ1v) is 15.6. The van der Waals surface area contributed by atoms with Crippen LogP contribution in [0.3, 0.4) is 0 Å². The van der Waals surface area contributed by atoms with Crippen molar-refractivity contribution in [3.05, 3.63) is 0 Å². The molecule has 258 valence electrons. The number of nitrogens with two attached hydrogens (primary N) is 6. The van der Waals surface area contributed by atoms with Crippen molar-refractivity contribution in [3.63, 3.8) is 0 Å². The Morgan fingerprint density at radius 2 is 1.89 bits per heavy atom. The zero-order chi connectivity index (χ0) is 33.2. The molecule has 0 radical (unpaired) electrons. The Morgan fingerprint density at radius 1 is 1.20 bits per heavy atom. The minimum atomic E-state index is -1.20. The molecular formula is C28H60N10O6. The summed E-state index contributed by atoms with van der Waals surface area (Å²) in [5, 5.41) is 44.9. The Hall–Kier alpha value is -1.54. The number of nitrogens with one attached hydrogen (secondary N) is 3. The van der Waals surface area contributed by atoms with Crippen molar-refractivity contribution >= 4 is 11.7 Å². The van der Waals surface area contributed by atoms with Crippen LogP contribution in [0.25, 0.3) is 0 Å². The van der Waals surface area contributed by atoms with E-state index in [1.807, 2.05) is 6.92 Å². The number of aliphatic imine (C=N–C) groups is 1. The molecule has 0 aromatic heterocycles. The lowest BCUT2D eigenvalue weighted by atomic mass is 9.80. The monoisotopic (exact) mass is 632 g/mol. The number of aliphatic hydroxyl groups excluding tert-OH is 2. The Labute approximate surface area is 261 Å². The van der Waals surface area contributed by atoms with E-state index in [-0.39, 0.29) is 62.3 Å². The van der Waals surface area contributed by atoms with Crippen LogP contribution >= 0.6 is 0 Å². The minimum absolute atomic E-state index is 0.0563. The second kappa shape index (κ2) is 18.0. The summed E-state index contributed by atoms with van der Waals surface area (Å²) in [6.45, 7) is 5.64. The highest BCUT2D eigenvalue weighted by Gasteiger charge is 2.42. The van der Waals surface area contributed by atoms with Gasteiger partial charge in [0.2, 0.25) is 0 Å². The zero-order valence-electron chi connectivity index (χ0n) is 26.8. The number of likely N-dealkylation sites (N-methyl/N-ethyl adjacent to an activating group) is 1. The SMILES string of the molecule is CNC1CC(CC(C(CN)N=C(N)C(O)C(C)C(N)CO)C(N)C(C)OC2OC(CNC(=N)CN)CCC2N)OCC1(C)O. The first-order valence-electron chi connectivity index (χ1n) is 15.6. The van der Waals surface area contributed by atoms with Crippen molar-refractivity contribution in [2.45, 2.75) is 113 Å². The third-order valence-electron chi connectivity index (χ3n) is 9.11. The van der Waals surface area contributed by atoms with Gasteiger partial charge in [-0.15, -0.1) is 0 Å². The van der Waals surface area contributed by atoms with Crippen LogP contribution in [-0.2, 0) is 14.2 Å². The summed E-state index contributed by atoms with van der Waals surface area (Å²) >= 11 is 0. The van der Waals surface area contributed by atoms with Crippen LogP contribution in [0.15, 0.2) is 4.99 Å². The van der Waals surface area contributed by atoms with Gasteiger partial charge in [0.05, 0.1) is 50.2 Å². The quantitative estimate of drug-likeness (QED) is 0.0541. The fraction of sp³-hybridized carbons (Fsp3) is 0.929. The van der Waals surface area contributed by atoms with Gasteiger partial charge in [-0.05, 0) is 46.6 Å². The lowest BCUT2D eigenvalue weighted by molar-refractivity contribution is -0.223. The van der Waals surface area contributed by atoms with E-state index in [1.165, 1.54) is 0 Å². The highest BCUT2D eigenvalue weighted by molar-refractivity contribution is 5.85. The molecule has 2 heterocycles. The first kappa shape index (κ1) is 38.6. The number of aliphatic hydroxyl groups is 3. The van der Waals surface area contributed by atoms with E-state index in [2.05, 4.69) is 15.6 Å². The molecule has 2 rings (SSSR count). The maximum absolute atomic E-state index is 10.8. The number of hydrogen-bond donors (Lipinski definition) is 12. The molecule has 2 aliphatic rings. The lowest BCUT2D eigenvalue weighted by Crippen LogP contribution is -2.58. The van der Waals surface area contributed by atoms with Crippen LogP contribution in [0.1, 0.15) is 46.5 Å². The van der Waals surface area contributed by atoms with E-state index in [4.69, 9.17) is 54.0 Å². The molecule has 0 aliphatic carbocycles. The number of nitrogens with zero attached hydrogens (tertiary/aromatic N) is 1. The average molecular weight is 633 g/mol. The smallest absolute Gasteiger partial charge is 0.173 e. The second-order valence-electron chi connectivity index (χ2n) is 12.6. The summed E-state index contributed by atoms with van der Waals surface area (Å²) in [6, 6.07) is -2.53. The predicted molar refractivity (Wildman–Crippen MR) is 170 cm³/mol. The van der Waals surface area contributed by atoms with E-state index >= 15 is 0 Å². The highest BCUT2D eigenvalue weighted by Crippen LogP contribution is 2.31. The Kier molecular flexibility index (Phi) is 15.8. The molecule has 18 N–H and O–H groups in total. The Morgan fingerprint density at radius 3 is 2.48 bits per heavy atom. The van der Waals surface area contributed by atoms with Crippen LogP contribution in [0.4, 0.5) is 0 Å². The summed E-state index contributed by atoms with van der Waals surface area (Å²) in [7, 11) is 1.79. The number of ether oxygens (including phenoxy) is 3. The van der Waals surface area contributed by atoms with Gasteiger partial charge in [0.15, 0.2) is 6.29 Å². The van der Waals surface area contributed by atoms with E-state index in [0.29, 0.717) is 32.2 Å². The van der Waals surface area contributed by atoms with Crippen molar-refractivity contribution in [2.24, 2.45) is 51.2 Å². The number of rotatable bonds is 17. The Bertz CT molecular complexity index is 901. The van der Waals surface area contributed by atoms with Crippen molar-refractivity contribution in [2.75, 3.05) is 39.9 Å². The first-order chi connectivity index (χ1) is 20.7. The molecular weight excluding hydrogens is 572 g/mol. The maximum atomic E-state index is 10.8. The molecule has 44 heavy (non-hydrogen) atoms. The van der Waals surface area contributed by atoms with E-state index in [9.17, 15) is 15.3 Å². The van der Waals surface area contributed by atoms with Crippen LogP contribution < -0.4 is 45.0 Å². The van der Waals surface area contributed by atoms with Gasteiger partial charge >= 0.3 is 0 Å². The summed E-state index contributed by atoms with van der Waals surface area (Å²) in [6.07, 6.45) is -0.683. The molecule has 0 amide bonds. The third kappa shape index (κ3) is 10.8. The van der Waals surface area contributed by atoms with Gasteiger partial charge in [-0.2, -0.15) is 0 Å². The van der Waals surface area contributed by atoms with E-state index in [0.717, 1.165) is 0 Å². The minimum Gasteiger partial charge on any atom is -0.395 e. The fourth-order valence-electron chi connectivity index (χ4n) is 5.82. The summed E-state index contributed by atoms with van der Waals surface area (Å²) in [4.78, 5) is 4.62. The lowest BCUT2D eigenvalue weighted by Gasteiger charge is -2.43. The number of amidine groups is 2. The second-order valence-corrected chi connectivity index (χ2v) is 12.6. The normalized spacial score (nSPS) is 33.1. The molecule has 0 bridgehead atoms. The van der Waals surface area contributed by atoms with Crippen LogP contribution in [0, 0.1) is 17.2 Å². The van der Waals surface area contributed by atoms with Gasteiger partial charge in [0.25, 0.3) is 0 Å². The molecule has 2 saturated heterocycles. The van der Waals surface area contributed by atoms with Gasteiger partial charge in [0.1, 0.15) is 23.4 Å². The van der Waals surface area contributed by atoms with Crippen molar-refractivity contribution in [1.29, 1.82) is 5.41 Å². The van der Waals surface area contributed by atoms with Gasteiger partial charge in [-0.3, -0.25) is 10.4 Å². The molecule has 0 aromatic rings. The molecule has 16 heteroatoms. The van der Waals surface area contributed by atoms with Gasteiger partial charge in [-0.25, -0.2) is 0 Å². The van der Waals surface area contributed by atoms with Crippen molar-refractivity contribution < 1.29 is 29.5 Å². The molecule has 2 fully saturated rings. The molecule has 13 unspecified atom stereocenters. The van der Waals surface area contributed by atoms with Gasteiger partial charge < -0.3 is 74.6 Å². The topological polar surface area (TPSA) is 305 Å². The van der Waals surface area contributed by atoms with E-state index < -0.39 is 54.1 Å². The Balaban J connectivity index is 2.28. The zero-order valence-corrected chi connectivity index (χ0v) is 26.8. The largest absolute Gasteiger partial charge is 0.395 e. The van der Waals surface area contributed by atoms with Crippen LogP contribution in [0.2, 0.25) is 0 Å². The summed E-state index contributed by atoms with van der Waals surface area (Å²) in [5.74, 6) is -0.816. The van der Waals surface area contributed by atoms with Gasteiger partial charge in [-0.1, -0.05) is 6.92 Å². The fourth-order valence-corrected chi connectivity index (χ4v) is 5.82. The van der Waals surface area contributed by atoms with Crippen molar-refractivity contribution in [3.8, 4) is 0 Å². The molecule has 0 spiro atoms.